The molecule has 0 heterocycles. The highest BCUT2D eigenvalue weighted by atomic mass is 16.5. The maximum Gasteiger partial charge on any atom is 0.305 e. The van der Waals surface area contributed by atoms with Crippen LogP contribution >= 0.6 is 0 Å². The molecular weight excluding hydrogens is 360 g/mol. The molecule has 2 amide bonds. The fraction of sp³-hybridized carbons (Fsp3) is 0.286. The lowest BCUT2D eigenvalue weighted by atomic mass is 10.1. The van der Waals surface area contributed by atoms with Crippen molar-refractivity contribution in [1.29, 1.82) is 0 Å². The zero-order chi connectivity index (χ0) is 20.4. The second kappa shape index (κ2) is 10.7. The van der Waals surface area contributed by atoms with E-state index in [0.29, 0.717) is 17.9 Å². The molecule has 2 aromatic carbocycles. The van der Waals surface area contributed by atoms with Crippen LogP contribution in [0.15, 0.2) is 48.5 Å². The van der Waals surface area contributed by atoms with Gasteiger partial charge < -0.3 is 20.5 Å². The molecular formula is C21H24N2O5. The smallest absolute Gasteiger partial charge is 0.305 e. The molecule has 0 atom stereocenters. The summed E-state index contributed by atoms with van der Waals surface area (Å²) in [4.78, 5) is 34.6. The molecule has 0 saturated heterocycles. The summed E-state index contributed by atoms with van der Waals surface area (Å²) >= 11 is 0. The summed E-state index contributed by atoms with van der Waals surface area (Å²) in [5.74, 6) is -0.763. The van der Waals surface area contributed by atoms with Crippen LogP contribution in [-0.4, -0.2) is 36.0 Å². The first-order valence-electron chi connectivity index (χ1n) is 9.09. The summed E-state index contributed by atoms with van der Waals surface area (Å²) in [5.41, 5.74) is 1.81. The zero-order valence-electron chi connectivity index (χ0n) is 15.7. The van der Waals surface area contributed by atoms with Crippen LogP contribution in [0.4, 0.5) is 5.69 Å². The van der Waals surface area contributed by atoms with E-state index in [0.717, 1.165) is 17.7 Å². The van der Waals surface area contributed by atoms with Crippen LogP contribution in [0.3, 0.4) is 0 Å². The molecule has 0 aliphatic rings. The molecule has 0 fully saturated rings. The summed E-state index contributed by atoms with van der Waals surface area (Å²) in [7, 11) is 0. The predicted octanol–water partition coefficient (Wildman–Crippen LogP) is 2.86. The minimum absolute atomic E-state index is 0.0632. The fourth-order valence-electron chi connectivity index (χ4n) is 2.45. The van der Waals surface area contributed by atoms with Gasteiger partial charge in [0, 0.05) is 17.8 Å². The Morgan fingerprint density at radius 3 is 2.50 bits per heavy atom. The lowest BCUT2D eigenvalue weighted by Crippen LogP contribution is -2.26. The largest absolute Gasteiger partial charge is 0.494 e. The Kier molecular flexibility index (Phi) is 8.02. The van der Waals surface area contributed by atoms with Gasteiger partial charge in [-0.05, 0) is 48.4 Å². The Balaban J connectivity index is 1.87. The van der Waals surface area contributed by atoms with Gasteiger partial charge in [0.1, 0.15) is 5.75 Å². The molecule has 148 valence electrons. The number of aliphatic carboxylic acids is 1. The van der Waals surface area contributed by atoms with Crippen molar-refractivity contribution in [2.45, 2.75) is 26.2 Å². The van der Waals surface area contributed by atoms with E-state index in [1.54, 1.807) is 24.3 Å². The van der Waals surface area contributed by atoms with E-state index in [1.807, 2.05) is 31.2 Å². The Morgan fingerprint density at radius 1 is 1.07 bits per heavy atom. The number of hydrogen-bond donors (Lipinski definition) is 3. The van der Waals surface area contributed by atoms with Gasteiger partial charge in [0.15, 0.2) is 0 Å². The quantitative estimate of drug-likeness (QED) is 0.584. The number of rotatable bonds is 10. The fourth-order valence-corrected chi connectivity index (χ4v) is 2.45. The van der Waals surface area contributed by atoms with Crippen LogP contribution in [0.25, 0.3) is 0 Å². The SMILES string of the molecule is CCCOc1cccc(CC(=O)Nc2ccc(C(=O)NCCC(=O)O)cc2)c1. The zero-order valence-corrected chi connectivity index (χ0v) is 15.7. The molecule has 7 heteroatoms. The van der Waals surface area contributed by atoms with E-state index in [-0.39, 0.29) is 31.2 Å². The average Bonchev–Trinajstić information content (AvgIpc) is 2.66. The number of amides is 2. The second-order valence-corrected chi connectivity index (χ2v) is 6.20. The van der Waals surface area contributed by atoms with Gasteiger partial charge in [-0.15, -0.1) is 0 Å². The molecule has 28 heavy (non-hydrogen) atoms. The molecule has 0 radical (unpaired) electrons. The van der Waals surface area contributed by atoms with Gasteiger partial charge in [-0.3, -0.25) is 14.4 Å². The maximum atomic E-state index is 12.2. The first-order valence-corrected chi connectivity index (χ1v) is 9.09. The molecule has 0 bridgehead atoms. The van der Waals surface area contributed by atoms with E-state index in [1.165, 1.54) is 0 Å². The standard InChI is InChI=1S/C21H24N2O5/c1-2-12-28-18-5-3-4-15(13-18)14-19(24)23-17-8-6-16(7-9-17)21(27)22-11-10-20(25)26/h3-9,13H,2,10-12,14H2,1H3,(H,22,27)(H,23,24)(H,25,26). The number of carboxylic acids is 1. The van der Waals surface area contributed by atoms with Crippen LogP contribution in [0.2, 0.25) is 0 Å². The van der Waals surface area contributed by atoms with E-state index in [2.05, 4.69) is 10.6 Å². The average molecular weight is 384 g/mol. The van der Waals surface area contributed by atoms with Gasteiger partial charge in [0.25, 0.3) is 5.91 Å². The third kappa shape index (κ3) is 7.11. The molecule has 2 aromatic rings. The first kappa shape index (κ1) is 21.0. The lowest BCUT2D eigenvalue weighted by Gasteiger charge is -2.09. The molecule has 3 N–H and O–H groups in total. The molecule has 0 aromatic heterocycles. The molecule has 7 nitrogen and oxygen atoms in total. The molecule has 2 rings (SSSR count). The summed E-state index contributed by atoms with van der Waals surface area (Å²) in [6.07, 6.45) is 0.990. The molecule has 0 aliphatic heterocycles. The molecule has 0 unspecified atom stereocenters. The van der Waals surface area contributed by atoms with Crippen molar-refractivity contribution in [2.24, 2.45) is 0 Å². The van der Waals surface area contributed by atoms with Gasteiger partial charge in [-0.25, -0.2) is 0 Å². The summed E-state index contributed by atoms with van der Waals surface area (Å²) in [5, 5.41) is 13.9. The van der Waals surface area contributed by atoms with Gasteiger partial charge in [-0.1, -0.05) is 19.1 Å². The highest BCUT2D eigenvalue weighted by Gasteiger charge is 2.08. The predicted molar refractivity (Wildman–Crippen MR) is 106 cm³/mol. The van der Waals surface area contributed by atoms with Gasteiger partial charge in [0.05, 0.1) is 19.4 Å². The van der Waals surface area contributed by atoms with Crippen molar-refractivity contribution in [3.05, 3.63) is 59.7 Å². The minimum atomic E-state index is -0.971. The number of hydrogen-bond acceptors (Lipinski definition) is 4. The number of carboxylic acid groups (broad SMARTS) is 1. The van der Waals surface area contributed by atoms with Crippen molar-refractivity contribution >= 4 is 23.5 Å². The van der Waals surface area contributed by atoms with E-state index in [9.17, 15) is 14.4 Å². The topological polar surface area (TPSA) is 105 Å². The highest BCUT2D eigenvalue weighted by molar-refractivity contribution is 5.96. The lowest BCUT2D eigenvalue weighted by molar-refractivity contribution is -0.136. The van der Waals surface area contributed by atoms with Gasteiger partial charge in [-0.2, -0.15) is 0 Å². The van der Waals surface area contributed by atoms with Crippen molar-refractivity contribution in [3.63, 3.8) is 0 Å². The maximum absolute atomic E-state index is 12.2. The van der Waals surface area contributed by atoms with Crippen molar-refractivity contribution in [3.8, 4) is 5.75 Å². The monoisotopic (exact) mass is 384 g/mol. The number of nitrogens with one attached hydrogen (secondary N) is 2. The van der Waals surface area contributed by atoms with Crippen molar-refractivity contribution < 1.29 is 24.2 Å². The summed E-state index contributed by atoms with van der Waals surface area (Å²) < 4.78 is 5.57. The van der Waals surface area contributed by atoms with Crippen molar-refractivity contribution in [2.75, 3.05) is 18.5 Å². The normalized spacial score (nSPS) is 10.2. The number of anilines is 1. The summed E-state index contributed by atoms with van der Waals surface area (Å²) in [6, 6.07) is 13.8. The minimum Gasteiger partial charge on any atom is -0.494 e. The van der Waals surface area contributed by atoms with Crippen molar-refractivity contribution in [1.82, 2.24) is 5.32 Å². The van der Waals surface area contributed by atoms with Gasteiger partial charge in [0.2, 0.25) is 5.91 Å². The van der Waals surface area contributed by atoms with Gasteiger partial charge >= 0.3 is 5.97 Å². The highest BCUT2D eigenvalue weighted by Crippen LogP contribution is 2.15. The number of carbonyl (C=O) groups is 3. The molecule has 0 aliphatic carbocycles. The van der Waals surface area contributed by atoms with Crippen LogP contribution in [0.5, 0.6) is 5.75 Å². The van der Waals surface area contributed by atoms with E-state index < -0.39 is 5.97 Å². The summed E-state index contributed by atoms with van der Waals surface area (Å²) in [6.45, 7) is 2.72. The molecule has 0 spiro atoms. The van der Waals surface area contributed by atoms with Crippen LogP contribution < -0.4 is 15.4 Å². The Morgan fingerprint density at radius 2 is 1.82 bits per heavy atom. The number of carbonyl (C=O) groups excluding carboxylic acids is 2. The number of benzene rings is 2. The second-order valence-electron chi connectivity index (χ2n) is 6.20. The van der Waals surface area contributed by atoms with Crippen LogP contribution in [-0.2, 0) is 16.0 Å². The third-order valence-corrected chi connectivity index (χ3v) is 3.79. The molecule has 0 saturated carbocycles. The van der Waals surface area contributed by atoms with E-state index >= 15 is 0 Å². The number of ether oxygens (including phenoxy) is 1. The third-order valence-electron chi connectivity index (χ3n) is 3.79. The first-order chi connectivity index (χ1) is 13.5. The van der Waals surface area contributed by atoms with Crippen LogP contribution in [0, 0.1) is 0 Å². The van der Waals surface area contributed by atoms with E-state index in [4.69, 9.17) is 9.84 Å². The Labute approximate surface area is 163 Å². The van der Waals surface area contributed by atoms with Crippen LogP contribution in [0.1, 0.15) is 35.7 Å². The Bertz CT molecular complexity index is 818. The Hall–Kier alpha value is -3.35.